The van der Waals surface area contributed by atoms with Crippen LogP contribution >= 0.6 is 15.9 Å². The van der Waals surface area contributed by atoms with Crippen molar-refractivity contribution >= 4 is 34.0 Å². The fraction of sp³-hybridized carbons (Fsp3) is 0.0870. The van der Waals surface area contributed by atoms with E-state index in [0.717, 1.165) is 4.47 Å². The molecule has 3 aromatic carbocycles. The van der Waals surface area contributed by atoms with Crippen LogP contribution in [0.4, 0.5) is 4.39 Å². The van der Waals surface area contributed by atoms with Crippen LogP contribution in [0.2, 0.25) is 0 Å². The molecule has 1 amide bonds. The van der Waals surface area contributed by atoms with E-state index in [9.17, 15) is 14.0 Å². The number of halogens is 2. The van der Waals surface area contributed by atoms with Gasteiger partial charge in [0, 0.05) is 15.6 Å². The fourth-order valence-electron chi connectivity index (χ4n) is 2.55. The molecule has 0 heterocycles. The lowest BCUT2D eigenvalue weighted by atomic mass is 10.2. The minimum Gasteiger partial charge on any atom is -0.494 e. The molecular weight excluding hydrogens is 467 g/mol. The molecule has 0 saturated heterocycles. The van der Waals surface area contributed by atoms with Gasteiger partial charge in [0.25, 0.3) is 5.91 Å². The lowest BCUT2D eigenvalue weighted by Crippen LogP contribution is -2.17. The van der Waals surface area contributed by atoms with E-state index in [0.29, 0.717) is 23.5 Å². The summed E-state index contributed by atoms with van der Waals surface area (Å²) in [6, 6.07) is 16.7. The molecule has 0 aliphatic heterocycles. The minimum absolute atomic E-state index is 0.259. The van der Waals surface area contributed by atoms with Crippen LogP contribution in [-0.2, 0) is 0 Å². The van der Waals surface area contributed by atoms with E-state index in [2.05, 4.69) is 26.5 Å². The van der Waals surface area contributed by atoms with Crippen LogP contribution in [0.3, 0.4) is 0 Å². The predicted molar refractivity (Wildman–Crippen MR) is 118 cm³/mol. The highest BCUT2D eigenvalue weighted by molar-refractivity contribution is 9.10. The van der Waals surface area contributed by atoms with Gasteiger partial charge < -0.3 is 9.47 Å². The van der Waals surface area contributed by atoms with Crippen LogP contribution in [0.1, 0.15) is 33.2 Å². The second kappa shape index (κ2) is 10.5. The highest BCUT2D eigenvalue weighted by Gasteiger charge is 2.12. The van der Waals surface area contributed by atoms with Crippen molar-refractivity contribution in [2.24, 2.45) is 5.10 Å². The minimum atomic E-state index is -0.546. The fourth-order valence-corrected chi connectivity index (χ4v) is 2.93. The highest BCUT2D eigenvalue weighted by Crippen LogP contribution is 2.23. The van der Waals surface area contributed by atoms with Crippen molar-refractivity contribution < 1.29 is 23.5 Å². The number of benzene rings is 3. The Hall–Kier alpha value is -3.52. The number of nitrogens with zero attached hydrogens (tertiary/aromatic N) is 1. The first-order chi connectivity index (χ1) is 15.0. The first kappa shape index (κ1) is 22.2. The number of hydrazone groups is 1. The van der Waals surface area contributed by atoms with E-state index < -0.39 is 17.7 Å². The van der Waals surface area contributed by atoms with Gasteiger partial charge in [0.1, 0.15) is 17.3 Å². The summed E-state index contributed by atoms with van der Waals surface area (Å²) >= 11 is 3.36. The molecule has 0 atom stereocenters. The Balaban J connectivity index is 1.71. The molecule has 0 unspecified atom stereocenters. The normalized spacial score (nSPS) is 10.7. The van der Waals surface area contributed by atoms with Crippen molar-refractivity contribution in [1.29, 1.82) is 0 Å². The van der Waals surface area contributed by atoms with Crippen LogP contribution < -0.4 is 14.9 Å². The van der Waals surface area contributed by atoms with Crippen molar-refractivity contribution in [1.82, 2.24) is 5.43 Å². The predicted octanol–water partition coefficient (Wildman–Crippen LogP) is 4.97. The van der Waals surface area contributed by atoms with Crippen LogP contribution in [0, 0.1) is 5.82 Å². The van der Waals surface area contributed by atoms with Crippen molar-refractivity contribution in [2.45, 2.75) is 6.92 Å². The topological polar surface area (TPSA) is 77.0 Å². The number of rotatable bonds is 7. The Morgan fingerprint density at radius 3 is 2.39 bits per heavy atom. The third kappa shape index (κ3) is 6.23. The maximum Gasteiger partial charge on any atom is 0.343 e. The number of carbonyl (C=O) groups excluding carboxylic acids is 2. The number of hydrogen-bond donors (Lipinski definition) is 1. The molecule has 0 bridgehead atoms. The summed E-state index contributed by atoms with van der Waals surface area (Å²) in [7, 11) is 0. The number of carbonyl (C=O) groups is 2. The van der Waals surface area contributed by atoms with E-state index >= 15 is 0 Å². The standard InChI is InChI=1S/C23H18BrFN2O4/c1-2-30-20-10-5-16(6-11-20)23(29)31-21-12-7-18(24)13-17(21)14-26-27-22(28)15-3-8-19(25)9-4-15/h3-14H,2H2,1H3,(H,27,28)/b26-14-. The molecule has 0 aliphatic carbocycles. The van der Waals surface area contributed by atoms with E-state index in [1.54, 1.807) is 42.5 Å². The quantitative estimate of drug-likeness (QED) is 0.222. The molecule has 0 spiro atoms. The summed E-state index contributed by atoms with van der Waals surface area (Å²) in [5.41, 5.74) is 3.44. The summed E-state index contributed by atoms with van der Waals surface area (Å²) in [4.78, 5) is 24.6. The van der Waals surface area contributed by atoms with Gasteiger partial charge in [-0.1, -0.05) is 15.9 Å². The number of ether oxygens (including phenoxy) is 2. The summed E-state index contributed by atoms with van der Waals surface area (Å²) in [5.74, 6) is -0.558. The zero-order valence-electron chi connectivity index (χ0n) is 16.5. The van der Waals surface area contributed by atoms with Crippen LogP contribution in [0.15, 0.2) is 76.3 Å². The molecular formula is C23H18BrFN2O4. The summed E-state index contributed by atoms with van der Waals surface area (Å²) < 4.78 is 24.6. The molecule has 0 fully saturated rings. The number of amides is 1. The molecule has 0 aliphatic rings. The van der Waals surface area contributed by atoms with Crippen molar-refractivity contribution in [3.63, 3.8) is 0 Å². The van der Waals surface area contributed by atoms with Gasteiger partial charge in [0.2, 0.25) is 0 Å². The largest absolute Gasteiger partial charge is 0.494 e. The third-order valence-electron chi connectivity index (χ3n) is 4.05. The Bertz CT molecular complexity index is 1100. The molecule has 8 heteroatoms. The second-order valence-corrected chi connectivity index (χ2v) is 7.15. The van der Waals surface area contributed by atoms with Gasteiger partial charge in [-0.05, 0) is 73.7 Å². The number of esters is 1. The van der Waals surface area contributed by atoms with E-state index in [1.165, 1.54) is 30.5 Å². The Morgan fingerprint density at radius 1 is 1.03 bits per heavy atom. The molecule has 3 rings (SSSR count). The van der Waals surface area contributed by atoms with Crippen molar-refractivity contribution in [2.75, 3.05) is 6.61 Å². The average Bonchev–Trinajstić information content (AvgIpc) is 2.76. The SMILES string of the molecule is CCOc1ccc(C(=O)Oc2ccc(Br)cc2/C=N\NC(=O)c2ccc(F)cc2)cc1. The zero-order chi connectivity index (χ0) is 22.2. The van der Waals surface area contributed by atoms with Crippen LogP contribution in [-0.4, -0.2) is 24.7 Å². The molecule has 31 heavy (non-hydrogen) atoms. The van der Waals surface area contributed by atoms with Gasteiger partial charge >= 0.3 is 5.97 Å². The Morgan fingerprint density at radius 2 is 1.71 bits per heavy atom. The van der Waals surface area contributed by atoms with Crippen LogP contribution in [0.25, 0.3) is 0 Å². The van der Waals surface area contributed by atoms with Gasteiger partial charge in [0.05, 0.1) is 18.4 Å². The zero-order valence-corrected chi connectivity index (χ0v) is 18.1. The lowest BCUT2D eigenvalue weighted by molar-refractivity contribution is 0.0734. The monoisotopic (exact) mass is 484 g/mol. The van der Waals surface area contributed by atoms with Gasteiger partial charge in [0.15, 0.2) is 0 Å². The molecule has 6 nitrogen and oxygen atoms in total. The van der Waals surface area contributed by atoms with Gasteiger partial charge in [-0.3, -0.25) is 4.79 Å². The highest BCUT2D eigenvalue weighted by atomic mass is 79.9. The molecule has 3 aromatic rings. The number of hydrogen-bond acceptors (Lipinski definition) is 5. The Kier molecular flexibility index (Phi) is 7.50. The summed E-state index contributed by atoms with van der Waals surface area (Å²) in [5, 5.41) is 3.91. The molecule has 0 aromatic heterocycles. The van der Waals surface area contributed by atoms with Gasteiger partial charge in [-0.15, -0.1) is 0 Å². The third-order valence-corrected chi connectivity index (χ3v) is 4.54. The van der Waals surface area contributed by atoms with Gasteiger partial charge in [-0.2, -0.15) is 5.10 Å². The average molecular weight is 485 g/mol. The second-order valence-electron chi connectivity index (χ2n) is 6.24. The lowest BCUT2D eigenvalue weighted by Gasteiger charge is -2.09. The van der Waals surface area contributed by atoms with Crippen molar-refractivity contribution in [3.8, 4) is 11.5 Å². The van der Waals surface area contributed by atoms with Crippen LogP contribution in [0.5, 0.6) is 11.5 Å². The summed E-state index contributed by atoms with van der Waals surface area (Å²) in [6.45, 7) is 2.41. The first-order valence-corrected chi connectivity index (χ1v) is 10.1. The van der Waals surface area contributed by atoms with Crippen molar-refractivity contribution in [3.05, 3.63) is 93.7 Å². The van der Waals surface area contributed by atoms with Gasteiger partial charge in [-0.25, -0.2) is 14.6 Å². The smallest absolute Gasteiger partial charge is 0.343 e. The van der Waals surface area contributed by atoms with E-state index in [1.807, 2.05) is 6.92 Å². The Labute approximate surface area is 186 Å². The molecule has 0 saturated carbocycles. The maximum absolute atomic E-state index is 13.0. The molecule has 1 N–H and O–H groups in total. The number of nitrogens with one attached hydrogen (secondary N) is 1. The van der Waals surface area contributed by atoms with E-state index in [4.69, 9.17) is 9.47 Å². The first-order valence-electron chi connectivity index (χ1n) is 9.30. The summed E-state index contributed by atoms with van der Waals surface area (Å²) in [6.07, 6.45) is 1.35. The van der Waals surface area contributed by atoms with E-state index in [-0.39, 0.29) is 11.3 Å². The maximum atomic E-state index is 13.0. The molecule has 158 valence electrons. The molecule has 0 radical (unpaired) electrons.